The molecule has 34 heavy (non-hydrogen) atoms. The Morgan fingerprint density at radius 3 is 2.18 bits per heavy atom. The van der Waals surface area contributed by atoms with Crippen LogP contribution in [0.4, 0.5) is 0 Å². The lowest BCUT2D eigenvalue weighted by Crippen LogP contribution is -2.59. The van der Waals surface area contributed by atoms with Crippen molar-refractivity contribution in [2.24, 2.45) is 11.7 Å². The maximum atomic E-state index is 13.0. The molecule has 4 atom stereocenters. The highest BCUT2D eigenvalue weighted by atomic mass is 16.4. The second kappa shape index (κ2) is 12.1. The van der Waals surface area contributed by atoms with Crippen LogP contribution in [0.5, 0.6) is 0 Å². The maximum Gasteiger partial charge on any atom is 0.328 e. The monoisotopic (exact) mass is 477 g/mol. The fourth-order valence-corrected chi connectivity index (χ4v) is 3.33. The molecule has 1 aromatic heterocycles. The standard InChI is InChI=1S/C22H31N5O7/c1-11(2)18(27-19(30)14(23)9-28)21(32)25-16(20(31)26-17(10-29)22(33)34)7-12-8-24-15-6-4-3-5-13(12)15/h3-6,8,11,14,16-18,24,28-29H,7,9-10,23H2,1-2H3,(H,25,32)(H,26,31)(H,27,30)(H,33,34). The van der Waals surface area contributed by atoms with E-state index in [1.807, 2.05) is 24.3 Å². The average molecular weight is 478 g/mol. The number of H-pyrrole nitrogens is 1. The number of carbonyl (C=O) groups is 4. The summed E-state index contributed by atoms with van der Waals surface area (Å²) < 4.78 is 0. The van der Waals surface area contributed by atoms with E-state index in [2.05, 4.69) is 20.9 Å². The van der Waals surface area contributed by atoms with Crippen LogP contribution in [0.25, 0.3) is 10.9 Å². The summed E-state index contributed by atoms with van der Waals surface area (Å²) in [6.07, 6.45) is 1.69. The number of aromatic amines is 1. The van der Waals surface area contributed by atoms with Crippen molar-refractivity contribution in [2.45, 2.75) is 44.4 Å². The third-order valence-electron chi connectivity index (χ3n) is 5.31. The van der Waals surface area contributed by atoms with E-state index in [0.29, 0.717) is 5.56 Å². The first-order valence-electron chi connectivity index (χ1n) is 10.7. The number of carboxylic acid groups (broad SMARTS) is 1. The number of nitrogens with one attached hydrogen (secondary N) is 4. The quantitative estimate of drug-likeness (QED) is 0.175. The van der Waals surface area contributed by atoms with Crippen LogP contribution in [0.2, 0.25) is 0 Å². The molecule has 1 aromatic carbocycles. The van der Waals surface area contributed by atoms with Crippen LogP contribution in [-0.2, 0) is 25.6 Å². The first-order valence-corrected chi connectivity index (χ1v) is 10.7. The van der Waals surface area contributed by atoms with E-state index in [-0.39, 0.29) is 6.42 Å². The molecular formula is C22H31N5O7. The molecule has 12 heteroatoms. The van der Waals surface area contributed by atoms with E-state index in [4.69, 9.17) is 10.8 Å². The fraction of sp³-hybridized carbons (Fsp3) is 0.455. The Hall–Kier alpha value is -3.48. The van der Waals surface area contributed by atoms with Crippen LogP contribution in [-0.4, -0.2) is 81.4 Å². The number of nitrogens with two attached hydrogens (primary N) is 1. The number of rotatable bonds is 12. The number of aliphatic hydroxyl groups is 2. The van der Waals surface area contributed by atoms with Gasteiger partial charge in [0.05, 0.1) is 13.2 Å². The third kappa shape index (κ3) is 6.76. The molecule has 12 nitrogen and oxygen atoms in total. The van der Waals surface area contributed by atoms with Gasteiger partial charge in [0.15, 0.2) is 0 Å². The molecule has 2 rings (SSSR count). The molecule has 0 fully saturated rings. The summed E-state index contributed by atoms with van der Waals surface area (Å²) in [4.78, 5) is 52.4. The number of amides is 3. The smallest absolute Gasteiger partial charge is 0.328 e. The number of hydrogen-bond donors (Lipinski definition) is 8. The first-order chi connectivity index (χ1) is 16.1. The Kier molecular flexibility index (Phi) is 9.54. The minimum absolute atomic E-state index is 0.00820. The molecule has 4 unspecified atom stereocenters. The summed E-state index contributed by atoms with van der Waals surface area (Å²) in [6.45, 7) is 1.91. The van der Waals surface area contributed by atoms with Crippen LogP contribution >= 0.6 is 0 Å². The number of carboxylic acids is 1. The van der Waals surface area contributed by atoms with Crippen molar-refractivity contribution in [3.63, 3.8) is 0 Å². The van der Waals surface area contributed by atoms with Crippen molar-refractivity contribution < 1.29 is 34.5 Å². The summed E-state index contributed by atoms with van der Waals surface area (Å²) in [5.74, 6) is -4.07. The number of aromatic nitrogens is 1. The highest BCUT2D eigenvalue weighted by Crippen LogP contribution is 2.19. The number of aliphatic carboxylic acids is 1. The minimum atomic E-state index is -1.56. The van der Waals surface area contributed by atoms with E-state index in [0.717, 1.165) is 10.9 Å². The lowest BCUT2D eigenvalue weighted by Gasteiger charge is -2.26. The number of fused-ring (bicyclic) bond motifs is 1. The van der Waals surface area contributed by atoms with Gasteiger partial charge in [-0.3, -0.25) is 14.4 Å². The molecule has 0 saturated carbocycles. The zero-order chi connectivity index (χ0) is 25.4. The Morgan fingerprint density at radius 1 is 0.941 bits per heavy atom. The van der Waals surface area contributed by atoms with Gasteiger partial charge in [0.1, 0.15) is 24.2 Å². The van der Waals surface area contributed by atoms with Gasteiger partial charge < -0.3 is 42.0 Å². The van der Waals surface area contributed by atoms with Crippen molar-refractivity contribution in [1.29, 1.82) is 0 Å². The molecule has 0 radical (unpaired) electrons. The van der Waals surface area contributed by atoms with E-state index >= 15 is 0 Å². The van der Waals surface area contributed by atoms with Gasteiger partial charge in [-0.1, -0.05) is 32.0 Å². The topological polar surface area (TPSA) is 207 Å². The van der Waals surface area contributed by atoms with Gasteiger partial charge in [-0.25, -0.2) is 4.79 Å². The summed E-state index contributed by atoms with van der Waals surface area (Å²) in [6, 6.07) is 2.25. The SMILES string of the molecule is CC(C)C(NC(=O)C(N)CO)C(=O)NC(Cc1c[nH]c2ccccc12)C(=O)NC(CO)C(=O)O. The Balaban J connectivity index is 2.29. The normalized spacial score (nSPS) is 14.8. The van der Waals surface area contributed by atoms with Crippen LogP contribution in [0.1, 0.15) is 19.4 Å². The molecule has 0 aliphatic rings. The predicted octanol–water partition coefficient (Wildman–Crippen LogP) is -1.78. The predicted molar refractivity (Wildman–Crippen MR) is 122 cm³/mol. The van der Waals surface area contributed by atoms with E-state index in [1.165, 1.54) is 0 Å². The Labute approximate surface area is 195 Å². The van der Waals surface area contributed by atoms with Crippen molar-refractivity contribution in [2.75, 3.05) is 13.2 Å². The minimum Gasteiger partial charge on any atom is -0.480 e. The van der Waals surface area contributed by atoms with Gasteiger partial charge in [-0.15, -0.1) is 0 Å². The molecule has 0 spiro atoms. The molecule has 0 bridgehead atoms. The molecule has 9 N–H and O–H groups in total. The van der Waals surface area contributed by atoms with E-state index in [1.54, 1.807) is 20.0 Å². The van der Waals surface area contributed by atoms with Gasteiger partial charge >= 0.3 is 5.97 Å². The molecule has 0 saturated heterocycles. The van der Waals surface area contributed by atoms with Crippen LogP contribution < -0.4 is 21.7 Å². The van der Waals surface area contributed by atoms with Crippen molar-refractivity contribution >= 4 is 34.6 Å². The summed E-state index contributed by atoms with van der Waals surface area (Å²) in [5.41, 5.74) is 7.02. The summed E-state index contributed by atoms with van der Waals surface area (Å²) in [7, 11) is 0. The highest BCUT2D eigenvalue weighted by molar-refractivity contribution is 5.95. The average Bonchev–Trinajstić information content (AvgIpc) is 3.21. The fourth-order valence-electron chi connectivity index (χ4n) is 3.33. The van der Waals surface area contributed by atoms with Crippen LogP contribution in [0, 0.1) is 5.92 Å². The van der Waals surface area contributed by atoms with Crippen LogP contribution in [0.15, 0.2) is 30.5 Å². The zero-order valence-corrected chi connectivity index (χ0v) is 18.9. The first kappa shape index (κ1) is 26.8. The highest BCUT2D eigenvalue weighted by Gasteiger charge is 2.32. The largest absolute Gasteiger partial charge is 0.480 e. The molecule has 1 heterocycles. The molecule has 0 aliphatic heterocycles. The van der Waals surface area contributed by atoms with Gasteiger partial charge in [-0.05, 0) is 17.5 Å². The summed E-state index contributed by atoms with van der Waals surface area (Å²) >= 11 is 0. The Bertz CT molecular complexity index is 1020. The van der Waals surface area contributed by atoms with Crippen molar-refractivity contribution in [1.82, 2.24) is 20.9 Å². The molecule has 0 aliphatic carbocycles. The molecule has 2 aromatic rings. The number of hydrogen-bond acceptors (Lipinski definition) is 7. The lowest BCUT2D eigenvalue weighted by molar-refractivity contribution is -0.143. The molecule has 186 valence electrons. The van der Waals surface area contributed by atoms with E-state index in [9.17, 15) is 29.4 Å². The van der Waals surface area contributed by atoms with Gasteiger partial charge in [0.25, 0.3) is 0 Å². The van der Waals surface area contributed by atoms with E-state index < -0.39 is 67.0 Å². The Morgan fingerprint density at radius 2 is 1.59 bits per heavy atom. The third-order valence-corrected chi connectivity index (χ3v) is 5.31. The summed E-state index contributed by atoms with van der Waals surface area (Å²) in [5, 5.41) is 35.6. The number of para-hydroxylation sites is 1. The van der Waals surface area contributed by atoms with Crippen molar-refractivity contribution in [3.05, 3.63) is 36.0 Å². The number of carbonyl (C=O) groups excluding carboxylic acids is 3. The van der Waals surface area contributed by atoms with Crippen molar-refractivity contribution in [3.8, 4) is 0 Å². The lowest BCUT2D eigenvalue weighted by atomic mass is 10.00. The zero-order valence-electron chi connectivity index (χ0n) is 18.9. The number of aliphatic hydroxyl groups excluding tert-OH is 2. The second-order valence-electron chi connectivity index (χ2n) is 8.23. The van der Waals surface area contributed by atoms with Gasteiger partial charge in [-0.2, -0.15) is 0 Å². The van der Waals surface area contributed by atoms with Crippen LogP contribution in [0.3, 0.4) is 0 Å². The molecule has 3 amide bonds. The second-order valence-corrected chi connectivity index (χ2v) is 8.23. The maximum absolute atomic E-state index is 13.0. The van der Waals surface area contributed by atoms with Gasteiger partial charge in [0.2, 0.25) is 17.7 Å². The number of benzene rings is 1. The molecular weight excluding hydrogens is 446 g/mol. The van der Waals surface area contributed by atoms with Gasteiger partial charge in [0, 0.05) is 23.5 Å².